The maximum atomic E-state index is 9.99. The van der Waals surface area contributed by atoms with Gasteiger partial charge in [-0.1, -0.05) is 11.6 Å². The number of hydrogen-bond acceptors (Lipinski definition) is 3. The molecule has 0 saturated heterocycles. The molecule has 0 aliphatic rings. The highest BCUT2D eigenvalue weighted by molar-refractivity contribution is 9.10. The van der Waals surface area contributed by atoms with E-state index in [2.05, 4.69) is 15.9 Å². The fourth-order valence-corrected chi connectivity index (χ4v) is 3.01. The zero-order valence-electron chi connectivity index (χ0n) is 9.59. The van der Waals surface area contributed by atoms with Gasteiger partial charge in [-0.05, 0) is 48.7 Å². The summed E-state index contributed by atoms with van der Waals surface area (Å²) in [5.41, 5.74) is -0.195. The molecule has 92 valence electrons. The summed E-state index contributed by atoms with van der Waals surface area (Å²) in [6, 6.07) is 1.87. The first kappa shape index (κ1) is 14.5. The molecule has 0 saturated carbocycles. The van der Waals surface area contributed by atoms with Crippen LogP contribution in [0, 0.1) is 0 Å². The average Bonchev–Trinajstić information content (AvgIpc) is 2.56. The van der Waals surface area contributed by atoms with Crippen molar-refractivity contribution in [1.82, 2.24) is 0 Å². The number of rotatable bonds is 5. The van der Waals surface area contributed by atoms with Gasteiger partial charge in [-0.3, -0.25) is 0 Å². The Balaban J connectivity index is 2.56. The third-order valence-corrected chi connectivity index (χ3v) is 5.14. The monoisotopic (exact) mass is 326 g/mol. The lowest BCUT2D eigenvalue weighted by Gasteiger charge is -2.23. The Morgan fingerprint density at radius 3 is 2.69 bits per heavy atom. The van der Waals surface area contributed by atoms with Crippen LogP contribution in [0.4, 0.5) is 0 Å². The van der Waals surface area contributed by atoms with Gasteiger partial charge >= 0.3 is 0 Å². The molecule has 0 fully saturated rings. The van der Waals surface area contributed by atoms with Gasteiger partial charge in [-0.2, -0.15) is 0 Å². The van der Waals surface area contributed by atoms with Gasteiger partial charge in [0.1, 0.15) is 4.34 Å². The first-order valence-corrected chi connectivity index (χ1v) is 7.02. The Kier molecular flexibility index (Phi) is 5.26. The number of thiophene rings is 1. The zero-order chi connectivity index (χ0) is 12.3. The second-order valence-electron chi connectivity index (χ2n) is 4.29. The molecular weight excluding hydrogens is 312 g/mol. The molecule has 0 spiro atoms. The summed E-state index contributed by atoms with van der Waals surface area (Å²) in [6.07, 6.45) is 1.00. The van der Waals surface area contributed by atoms with Gasteiger partial charge in [0.15, 0.2) is 0 Å². The molecule has 0 aromatic carbocycles. The van der Waals surface area contributed by atoms with Crippen LogP contribution in [0.3, 0.4) is 0 Å². The SMILES string of the molecule is COC(C)(C)CCC(O)c1cc(Br)c(Cl)s1. The van der Waals surface area contributed by atoms with Crippen molar-refractivity contribution in [2.24, 2.45) is 0 Å². The highest BCUT2D eigenvalue weighted by Gasteiger charge is 2.20. The van der Waals surface area contributed by atoms with Gasteiger partial charge in [-0.25, -0.2) is 0 Å². The minimum Gasteiger partial charge on any atom is -0.388 e. The van der Waals surface area contributed by atoms with Crippen LogP contribution in [0.15, 0.2) is 10.5 Å². The molecule has 1 rings (SSSR count). The Morgan fingerprint density at radius 1 is 1.62 bits per heavy atom. The number of aliphatic hydroxyl groups is 1. The fraction of sp³-hybridized carbons (Fsp3) is 0.636. The number of halogens is 2. The molecule has 16 heavy (non-hydrogen) atoms. The van der Waals surface area contributed by atoms with Crippen molar-refractivity contribution in [3.63, 3.8) is 0 Å². The van der Waals surface area contributed by atoms with Crippen LogP contribution in [0.2, 0.25) is 4.34 Å². The van der Waals surface area contributed by atoms with Crippen molar-refractivity contribution in [2.75, 3.05) is 7.11 Å². The predicted octanol–water partition coefficient (Wildman–Crippen LogP) is 4.40. The second-order valence-corrected chi connectivity index (χ2v) is 6.83. The molecule has 0 bridgehead atoms. The van der Waals surface area contributed by atoms with Crippen molar-refractivity contribution >= 4 is 38.9 Å². The van der Waals surface area contributed by atoms with Gasteiger partial charge in [-0.15, -0.1) is 11.3 Å². The van der Waals surface area contributed by atoms with E-state index >= 15 is 0 Å². The van der Waals surface area contributed by atoms with E-state index in [-0.39, 0.29) is 5.60 Å². The summed E-state index contributed by atoms with van der Waals surface area (Å²) in [4.78, 5) is 0.892. The molecule has 1 aromatic heterocycles. The van der Waals surface area contributed by atoms with Crippen molar-refractivity contribution in [2.45, 2.75) is 38.4 Å². The first-order valence-electron chi connectivity index (χ1n) is 5.03. The normalized spacial score (nSPS) is 14.1. The number of aliphatic hydroxyl groups excluding tert-OH is 1. The number of methoxy groups -OCH3 is 1. The highest BCUT2D eigenvalue weighted by atomic mass is 79.9. The van der Waals surface area contributed by atoms with Crippen molar-refractivity contribution in [3.05, 3.63) is 19.8 Å². The summed E-state index contributed by atoms with van der Waals surface area (Å²) >= 11 is 10.7. The van der Waals surface area contributed by atoms with Crippen LogP contribution >= 0.6 is 38.9 Å². The van der Waals surface area contributed by atoms with E-state index in [0.29, 0.717) is 10.8 Å². The van der Waals surface area contributed by atoms with Gasteiger partial charge < -0.3 is 9.84 Å². The van der Waals surface area contributed by atoms with Crippen LogP contribution in [-0.2, 0) is 4.74 Å². The van der Waals surface area contributed by atoms with E-state index < -0.39 is 6.10 Å². The maximum Gasteiger partial charge on any atom is 0.107 e. The van der Waals surface area contributed by atoms with E-state index in [4.69, 9.17) is 16.3 Å². The Morgan fingerprint density at radius 2 is 2.25 bits per heavy atom. The summed E-state index contributed by atoms with van der Waals surface area (Å²) in [6.45, 7) is 4.02. The Labute approximate surface area is 114 Å². The molecule has 5 heteroatoms. The van der Waals surface area contributed by atoms with Gasteiger partial charge in [0, 0.05) is 16.5 Å². The molecule has 1 atom stereocenters. The van der Waals surface area contributed by atoms with Gasteiger partial charge in [0.25, 0.3) is 0 Å². The third kappa shape index (κ3) is 4.00. The fourth-order valence-electron chi connectivity index (χ4n) is 1.26. The zero-order valence-corrected chi connectivity index (χ0v) is 12.7. The van der Waals surface area contributed by atoms with Crippen LogP contribution in [0.5, 0.6) is 0 Å². The minimum atomic E-state index is -0.469. The largest absolute Gasteiger partial charge is 0.388 e. The average molecular weight is 328 g/mol. The summed E-state index contributed by atoms with van der Waals surface area (Å²) in [7, 11) is 1.69. The van der Waals surface area contributed by atoms with Crippen LogP contribution in [0.25, 0.3) is 0 Å². The molecule has 1 unspecified atom stereocenters. The first-order chi connectivity index (χ1) is 7.35. The van der Waals surface area contributed by atoms with Crippen LogP contribution in [0.1, 0.15) is 37.7 Å². The molecule has 1 aromatic rings. The van der Waals surface area contributed by atoms with E-state index in [0.717, 1.165) is 15.8 Å². The Hall–Kier alpha value is 0.390. The smallest absolute Gasteiger partial charge is 0.107 e. The van der Waals surface area contributed by atoms with Crippen LogP contribution < -0.4 is 0 Å². The lowest BCUT2D eigenvalue weighted by Crippen LogP contribution is -2.22. The summed E-state index contributed by atoms with van der Waals surface area (Å²) in [5, 5.41) is 9.99. The summed E-state index contributed by atoms with van der Waals surface area (Å²) in [5.74, 6) is 0. The Bertz CT molecular complexity index is 332. The van der Waals surface area contributed by atoms with Crippen molar-refractivity contribution < 1.29 is 9.84 Å². The van der Waals surface area contributed by atoms with E-state index in [1.807, 2.05) is 19.9 Å². The molecule has 0 amide bonds. The lowest BCUT2D eigenvalue weighted by molar-refractivity contribution is 0.00309. The van der Waals surface area contributed by atoms with Crippen LogP contribution in [-0.4, -0.2) is 17.8 Å². The van der Waals surface area contributed by atoms with Crippen molar-refractivity contribution in [3.8, 4) is 0 Å². The second kappa shape index (κ2) is 5.83. The topological polar surface area (TPSA) is 29.5 Å². The molecule has 1 N–H and O–H groups in total. The van der Waals surface area contributed by atoms with E-state index in [1.165, 1.54) is 11.3 Å². The quantitative estimate of drug-likeness (QED) is 0.868. The molecule has 0 aliphatic carbocycles. The highest BCUT2D eigenvalue weighted by Crippen LogP contribution is 2.37. The van der Waals surface area contributed by atoms with Crippen molar-refractivity contribution in [1.29, 1.82) is 0 Å². The predicted molar refractivity (Wildman–Crippen MR) is 72.3 cm³/mol. The minimum absolute atomic E-state index is 0.195. The molecule has 0 aliphatic heterocycles. The standard InChI is InChI=1S/C11H16BrClO2S/c1-11(2,15-3)5-4-8(14)9-6-7(12)10(13)16-9/h6,8,14H,4-5H2,1-3H3. The van der Waals surface area contributed by atoms with Gasteiger partial charge in [0.2, 0.25) is 0 Å². The lowest BCUT2D eigenvalue weighted by atomic mass is 9.99. The molecule has 0 radical (unpaired) electrons. The number of hydrogen-bond donors (Lipinski definition) is 1. The van der Waals surface area contributed by atoms with Gasteiger partial charge in [0.05, 0.1) is 11.7 Å². The maximum absolute atomic E-state index is 9.99. The van der Waals surface area contributed by atoms with E-state index in [9.17, 15) is 5.11 Å². The number of ether oxygens (including phenoxy) is 1. The third-order valence-electron chi connectivity index (χ3n) is 2.57. The molecule has 1 heterocycles. The summed E-state index contributed by atoms with van der Waals surface area (Å²) < 4.78 is 6.84. The van der Waals surface area contributed by atoms with E-state index in [1.54, 1.807) is 7.11 Å². The molecule has 2 nitrogen and oxygen atoms in total. The molecular formula is C11H16BrClO2S.